The summed E-state index contributed by atoms with van der Waals surface area (Å²) >= 11 is 0. The average molecular weight is 817 g/mol. The van der Waals surface area contributed by atoms with Gasteiger partial charge in [0, 0.05) is 20.3 Å². The van der Waals surface area contributed by atoms with E-state index in [1.54, 1.807) is 0 Å². The van der Waals surface area contributed by atoms with Crippen molar-refractivity contribution in [3.8, 4) is 0 Å². The van der Waals surface area contributed by atoms with E-state index in [1.807, 2.05) is 0 Å². The normalized spacial score (nSPS) is 30.6. The van der Waals surface area contributed by atoms with Crippen molar-refractivity contribution in [3.63, 3.8) is 0 Å². The standard InChI is InChI=1S/2C8H15NO4.C6H10O5.C6H8O5.2Na.4H2O/c2*1-5(11)9-6-2-7(12)8(3-10)13-4-6;2*7-3-1-5(6(9)10)11-2-4(3)8;;;;;;/h2*6-8,10,12H,2-4H2,1H3,(H,9,11);3-5,7-8H,1-2H2,(H,9,10);1,3-4,7-8H,2H2,(H,9,10);;;4*1H2/q;;;;2*+1;;;;/p-2. The first-order valence-corrected chi connectivity index (χ1v) is 14.9. The molecule has 310 valence electrons. The number of aliphatic hydroxyl groups is 8. The van der Waals surface area contributed by atoms with Crippen molar-refractivity contribution >= 4 is 23.8 Å². The molecule has 0 bridgehead atoms. The Labute approximate surface area is 354 Å². The van der Waals surface area contributed by atoms with E-state index >= 15 is 0 Å². The van der Waals surface area contributed by atoms with Gasteiger partial charge in [-0.05, 0) is 18.9 Å². The van der Waals surface area contributed by atoms with Crippen LogP contribution in [0.15, 0.2) is 11.8 Å². The molecule has 4 heterocycles. The molecule has 24 nitrogen and oxygen atoms in total. The predicted molar refractivity (Wildman–Crippen MR) is 167 cm³/mol. The van der Waals surface area contributed by atoms with Crippen LogP contribution in [0.25, 0.3) is 0 Å². The summed E-state index contributed by atoms with van der Waals surface area (Å²) in [6.45, 7) is 2.79. The fourth-order valence-electron chi connectivity index (χ4n) is 4.50. The van der Waals surface area contributed by atoms with Crippen LogP contribution < -0.4 is 80.0 Å². The molecule has 0 saturated carbocycles. The first kappa shape index (κ1) is 64.7. The third-order valence-corrected chi connectivity index (χ3v) is 7.07. The van der Waals surface area contributed by atoms with Crippen molar-refractivity contribution < 1.29 is 170 Å². The molecule has 0 aliphatic carbocycles. The molecule has 0 aromatic rings. The van der Waals surface area contributed by atoms with Gasteiger partial charge in [0.25, 0.3) is 0 Å². The number of amides is 2. The summed E-state index contributed by atoms with van der Waals surface area (Å²) in [5.41, 5.74) is 0. The molecular formula is C28H54N2Na2O22. The molecule has 26 heteroatoms. The molecule has 18 N–H and O–H groups in total. The molecular weight excluding hydrogens is 762 g/mol. The molecule has 11 unspecified atom stereocenters. The van der Waals surface area contributed by atoms with Gasteiger partial charge in [-0.25, -0.2) is 0 Å². The van der Waals surface area contributed by atoms with Crippen molar-refractivity contribution in [2.24, 2.45) is 0 Å². The first-order chi connectivity index (χ1) is 22.5. The number of carboxylic acid groups (broad SMARTS) is 2. The Morgan fingerprint density at radius 2 is 1.07 bits per heavy atom. The molecule has 3 saturated heterocycles. The molecule has 2 amide bonds. The second-order valence-electron chi connectivity index (χ2n) is 11.2. The van der Waals surface area contributed by atoms with E-state index in [0.29, 0.717) is 26.1 Å². The zero-order chi connectivity index (χ0) is 36.6. The van der Waals surface area contributed by atoms with Crippen LogP contribution in [0.4, 0.5) is 0 Å². The maximum Gasteiger partial charge on any atom is 1.00 e. The molecule has 4 aliphatic rings. The van der Waals surface area contributed by atoms with Crippen LogP contribution >= 0.6 is 0 Å². The Morgan fingerprint density at radius 3 is 1.37 bits per heavy atom. The van der Waals surface area contributed by atoms with Crippen LogP contribution in [0.5, 0.6) is 0 Å². The minimum absolute atomic E-state index is 0. The Morgan fingerprint density at radius 1 is 0.648 bits per heavy atom. The second kappa shape index (κ2) is 33.9. The van der Waals surface area contributed by atoms with Crippen LogP contribution in [0.2, 0.25) is 0 Å². The van der Waals surface area contributed by atoms with Gasteiger partial charge in [0.2, 0.25) is 11.8 Å². The molecule has 0 radical (unpaired) electrons. The zero-order valence-corrected chi connectivity index (χ0v) is 34.5. The molecule has 0 aromatic carbocycles. The van der Waals surface area contributed by atoms with Crippen molar-refractivity contribution in [2.75, 3.05) is 39.6 Å². The van der Waals surface area contributed by atoms with Gasteiger partial charge < -0.3 is 112 Å². The Kier molecular flexibility index (Phi) is 40.6. The summed E-state index contributed by atoms with van der Waals surface area (Å²) in [5, 5.41) is 97.5. The van der Waals surface area contributed by atoms with E-state index in [2.05, 4.69) is 20.1 Å². The fourth-order valence-corrected chi connectivity index (χ4v) is 4.50. The van der Waals surface area contributed by atoms with E-state index in [-0.39, 0.29) is 138 Å². The summed E-state index contributed by atoms with van der Waals surface area (Å²) in [6, 6.07) is -0.286. The number of hydrogen-bond donors (Lipinski definition) is 10. The van der Waals surface area contributed by atoms with Gasteiger partial charge in [-0.1, -0.05) is 0 Å². The van der Waals surface area contributed by atoms with Gasteiger partial charge in [-0.2, -0.15) is 0 Å². The summed E-state index contributed by atoms with van der Waals surface area (Å²) < 4.78 is 19.4. The third-order valence-electron chi connectivity index (χ3n) is 7.07. The number of aliphatic carboxylic acids is 2. The number of carbonyl (C=O) groups is 4. The van der Waals surface area contributed by atoms with Gasteiger partial charge >= 0.3 is 59.1 Å². The molecule has 4 rings (SSSR count). The Hall–Kier alpha value is -1.18. The van der Waals surface area contributed by atoms with Gasteiger partial charge in [-0.3, -0.25) is 9.59 Å². The maximum absolute atomic E-state index is 10.7. The van der Waals surface area contributed by atoms with Crippen LogP contribution in [-0.2, 0) is 38.1 Å². The largest absolute Gasteiger partial charge is 1.00 e. The molecule has 54 heavy (non-hydrogen) atoms. The van der Waals surface area contributed by atoms with E-state index in [0.717, 1.165) is 6.08 Å². The number of nitrogens with one attached hydrogen (secondary N) is 2. The minimum atomic E-state index is -1.49. The second-order valence-corrected chi connectivity index (χ2v) is 11.2. The topological polar surface area (TPSA) is 463 Å². The SMILES string of the molecule is CC(=O)NC1COC(CO)C(O)C1.CC(=O)NC1COC(CO)C(O)C1.O.O.O.O.O=C([O-])C1=CC(O)C(O)CO1.O=C([O-])C1CC(O)C(O)CO1.[Na+].[Na+]. The van der Waals surface area contributed by atoms with E-state index in [1.165, 1.54) is 13.8 Å². The number of carbonyl (C=O) groups excluding carboxylic acids is 4. The van der Waals surface area contributed by atoms with Crippen LogP contribution in [-0.4, -0.2) is 193 Å². The summed E-state index contributed by atoms with van der Waals surface area (Å²) in [7, 11) is 0. The Bertz CT molecular complexity index is 1020. The molecule has 3 fully saturated rings. The number of hydrogen-bond acceptors (Lipinski definition) is 18. The van der Waals surface area contributed by atoms with Crippen LogP contribution in [0.3, 0.4) is 0 Å². The van der Waals surface area contributed by atoms with E-state index < -0.39 is 72.6 Å². The maximum atomic E-state index is 10.7. The zero-order valence-electron chi connectivity index (χ0n) is 30.5. The first-order valence-electron chi connectivity index (χ1n) is 14.9. The van der Waals surface area contributed by atoms with Gasteiger partial charge in [0.05, 0.1) is 75.5 Å². The molecule has 0 spiro atoms. The monoisotopic (exact) mass is 816 g/mol. The molecule has 11 atom stereocenters. The number of ether oxygens (including phenoxy) is 4. The fraction of sp³-hybridized carbons (Fsp3) is 0.786. The molecule has 4 aliphatic heterocycles. The summed E-state index contributed by atoms with van der Waals surface area (Å²) in [4.78, 5) is 41.6. The van der Waals surface area contributed by atoms with Crippen molar-refractivity contribution in [3.05, 3.63) is 11.8 Å². The quantitative estimate of drug-likeness (QED) is 0.111. The van der Waals surface area contributed by atoms with Crippen molar-refractivity contribution in [2.45, 2.75) is 100 Å². The van der Waals surface area contributed by atoms with E-state index in [4.69, 9.17) is 40.1 Å². The summed E-state index contributed by atoms with van der Waals surface area (Å²) in [5.74, 6) is -3.54. The minimum Gasteiger partial charge on any atom is -0.547 e. The van der Waals surface area contributed by atoms with Gasteiger partial charge in [-0.15, -0.1) is 0 Å². The van der Waals surface area contributed by atoms with Gasteiger partial charge in [0.15, 0.2) is 0 Å². The van der Waals surface area contributed by atoms with Crippen molar-refractivity contribution in [1.29, 1.82) is 0 Å². The number of carboxylic acids is 2. The predicted octanol–water partition coefficient (Wildman–Crippen LogP) is -17.4. The Balaban J connectivity index is -0.000000137. The van der Waals surface area contributed by atoms with Crippen LogP contribution in [0.1, 0.15) is 33.1 Å². The smallest absolute Gasteiger partial charge is 0.547 e. The third kappa shape index (κ3) is 25.1. The number of rotatable bonds is 6. The molecule has 0 aromatic heterocycles. The number of aliphatic hydroxyl groups excluding tert-OH is 8. The summed E-state index contributed by atoms with van der Waals surface area (Å²) in [6.07, 6.45) is -6.08. The van der Waals surface area contributed by atoms with Gasteiger partial charge in [0.1, 0.15) is 48.9 Å². The van der Waals surface area contributed by atoms with Crippen LogP contribution in [0, 0.1) is 0 Å². The average Bonchev–Trinajstić information content (AvgIpc) is 3.00. The van der Waals surface area contributed by atoms with Crippen molar-refractivity contribution in [1.82, 2.24) is 10.6 Å². The van der Waals surface area contributed by atoms with E-state index in [9.17, 15) is 39.6 Å².